The van der Waals surface area contributed by atoms with Crippen LogP contribution in [0.1, 0.15) is 29.1 Å². The first kappa shape index (κ1) is 14.4. The molecule has 2 N–H and O–H groups in total. The van der Waals surface area contributed by atoms with Gasteiger partial charge in [-0.1, -0.05) is 12.1 Å². The van der Waals surface area contributed by atoms with Crippen molar-refractivity contribution in [1.82, 2.24) is 4.90 Å². The third-order valence-corrected chi connectivity index (χ3v) is 3.89. The maximum Gasteiger partial charge on any atom is 0.261 e. The molecule has 1 aromatic heterocycles. The van der Waals surface area contributed by atoms with Crippen LogP contribution in [0.5, 0.6) is 11.5 Å². The first-order valence-electron chi connectivity index (χ1n) is 6.35. The lowest BCUT2D eigenvalue weighted by Gasteiger charge is -2.27. The SMILES string of the molecule is CC(C)N(Cc1cccs1)C(=O)c1c(O)cccc1O. The van der Waals surface area contributed by atoms with Gasteiger partial charge in [-0.15, -0.1) is 11.3 Å². The van der Waals surface area contributed by atoms with Gasteiger partial charge in [-0.05, 0) is 37.4 Å². The standard InChI is InChI=1S/C15H17NO3S/c1-10(2)16(9-11-5-4-8-20-11)15(19)14-12(17)6-3-7-13(14)18/h3-8,10,17-18H,9H2,1-2H3. The Hall–Kier alpha value is -2.01. The van der Waals surface area contributed by atoms with E-state index in [0.717, 1.165) is 4.88 Å². The molecule has 0 aliphatic heterocycles. The molecular weight excluding hydrogens is 274 g/mol. The lowest BCUT2D eigenvalue weighted by Crippen LogP contribution is -2.36. The van der Waals surface area contributed by atoms with Crippen molar-refractivity contribution in [1.29, 1.82) is 0 Å². The molecule has 1 amide bonds. The van der Waals surface area contributed by atoms with Gasteiger partial charge in [0.05, 0.1) is 6.54 Å². The second-order valence-corrected chi connectivity index (χ2v) is 5.81. The zero-order valence-corrected chi connectivity index (χ0v) is 12.2. The summed E-state index contributed by atoms with van der Waals surface area (Å²) in [6.07, 6.45) is 0. The van der Waals surface area contributed by atoms with Gasteiger partial charge >= 0.3 is 0 Å². The Balaban J connectivity index is 2.32. The molecule has 2 rings (SSSR count). The minimum absolute atomic E-state index is 0.0383. The lowest BCUT2D eigenvalue weighted by molar-refractivity contribution is 0.0686. The Morgan fingerprint density at radius 2 is 1.85 bits per heavy atom. The molecule has 5 heteroatoms. The molecule has 0 bridgehead atoms. The van der Waals surface area contributed by atoms with Gasteiger partial charge in [-0.2, -0.15) is 0 Å². The number of nitrogens with zero attached hydrogens (tertiary/aromatic N) is 1. The van der Waals surface area contributed by atoms with E-state index in [2.05, 4.69) is 0 Å². The Kier molecular flexibility index (Phi) is 4.29. The number of carbonyl (C=O) groups is 1. The summed E-state index contributed by atoms with van der Waals surface area (Å²) in [4.78, 5) is 15.2. The van der Waals surface area contributed by atoms with Crippen LogP contribution in [0.25, 0.3) is 0 Å². The summed E-state index contributed by atoms with van der Waals surface area (Å²) in [5.41, 5.74) is -0.0437. The van der Waals surface area contributed by atoms with Crippen LogP contribution in [0.3, 0.4) is 0 Å². The van der Waals surface area contributed by atoms with Crippen molar-refractivity contribution in [3.8, 4) is 11.5 Å². The van der Waals surface area contributed by atoms with E-state index in [1.54, 1.807) is 16.2 Å². The third-order valence-electron chi connectivity index (χ3n) is 3.02. The number of aromatic hydroxyl groups is 2. The lowest BCUT2D eigenvalue weighted by atomic mass is 10.1. The smallest absolute Gasteiger partial charge is 0.261 e. The Bertz CT molecular complexity index is 573. The quantitative estimate of drug-likeness (QED) is 0.909. The van der Waals surface area contributed by atoms with Gasteiger partial charge in [0.1, 0.15) is 17.1 Å². The predicted molar refractivity (Wildman–Crippen MR) is 79.1 cm³/mol. The Labute approximate surface area is 121 Å². The summed E-state index contributed by atoms with van der Waals surface area (Å²) in [5.74, 6) is -0.775. The number of rotatable bonds is 4. The molecule has 0 spiro atoms. The van der Waals surface area contributed by atoms with Gasteiger partial charge in [0.2, 0.25) is 0 Å². The van der Waals surface area contributed by atoms with Crippen molar-refractivity contribution in [2.75, 3.05) is 0 Å². The molecular formula is C15H17NO3S. The average molecular weight is 291 g/mol. The fourth-order valence-electron chi connectivity index (χ4n) is 1.95. The number of benzene rings is 1. The van der Waals surface area contributed by atoms with Crippen molar-refractivity contribution in [2.24, 2.45) is 0 Å². The number of hydrogen-bond acceptors (Lipinski definition) is 4. The number of phenols is 2. The topological polar surface area (TPSA) is 60.8 Å². The van der Waals surface area contributed by atoms with Crippen LogP contribution in [0.2, 0.25) is 0 Å². The summed E-state index contributed by atoms with van der Waals surface area (Å²) < 4.78 is 0. The van der Waals surface area contributed by atoms with Gasteiger partial charge in [0.15, 0.2) is 0 Å². The van der Waals surface area contributed by atoms with Crippen LogP contribution in [0, 0.1) is 0 Å². The van der Waals surface area contributed by atoms with E-state index in [1.165, 1.54) is 18.2 Å². The van der Waals surface area contributed by atoms with E-state index in [9.17, 15) is 15.0 Å². The Morgan fingerprint density at radius 1 is 1.20 bits per heavy atom. The first-order valence-corrected chi connectivity index (χ1v) is 7.23. The van der Waals surface area contributed by atoms with E-state index in [1.807, 2.05) is 31.4 Å². The predicted octanol–water partition coefficient (Wildman–Crippen LogP) is 3.21. The molecule has 0 saturated heterocycles. The van der Waals surface area contributed by atoms with Crippen LogP contribution in [-0.2, 0) is 6.54 Å². The molecule has 0 radical (unpaired) electrons. The third kappa shape index (κ3) is 2.93. The largest absolute Gasteiger partial charge is 0.507 e. The molecule has 0 atom stereocenters. The van der Waals surface area contributed by atoms with Crippen LogP contribution < -0.4 is 0 Å². The van der Waals surface area contributed by atoms with E-state index in [-0.39, 0.29) is 29.0 Å². The second kappa shape index (κ2) is 5.96. The van der Waals surface area contributed by atoms with E-state index in [4.69, 9.17) is 0 Å². The highest BCUT2D eigenvalue weighted by Crippen LogP contribution is 2.29. The van der Waals surface area contributed by atoms with Crippen LogP contribution in [0.15, 0.2) is 35.7 Å². The monoisotopic (exact) mass is 291 g/mol. The maximum atomic E-state index is 12.6. The van der Waals surface area contributed by atoms with Crippen molar-refractivity contribution < 1.29 is 15.0 Å². The summed E-state index contributed by atoms with van der Waals surface area (Å²) in [5, 5.41) is 21.6. The molecule has 1 heterocycles. The highest BCUT2D eigenvalue weighted by atomic mass is 32.1. The summed E-state index contributed by atoms with van der Waals surface area (Å²) in [6.45, 7) is 4.27. The number of carbonyl (C=O) groups excluding carboxylic acids is 1. The molecule has 20 heavy (non-hydrogen) atoms. The van der Waals surface area contributed by atoms with Gasteiger partial charge in [-0.3, -0.25) is 4.79 Å². The minimum atomic E-state index is -0.371. The number of hydrogen-bond donors (Lipinski definition) is 2. The molecule has 0 saturated carbocycles. The van der Waals surface area contributed by atoms with Crippen molar-refractivity contribution in [3.63, 3.8) is 0 Å². The van der Waals surface area contributed by atoms with Crippen molar-refractivity contribution in [3.05, 3.63) is 46.2 Å². The minimum Gasteiger partial charge on any atom is -0.507 e. The highest BCUT2D eigenvalue weighted by Gasteiger charge is 2.24. The van der Waals surface area contributed by atoms with E-state index < -0.39 is 0 Å². The van der Waals surface area contributed by atoms with Crippen molar-refractivity contribution >= 4 is 17.2 Å². The van der Waals surface area contributed by atoms with Crippen LogP contribution >= 0.6 is 11.3 Å². The summed E-state index contributed by atoms with van der Waals surface area (Å²) >= 11 is 1.57. The molecule has 1 aromatic carbocycles. The normalized spacial score (nSPS) is 10.8. The number of amides is 1. The van der Waals surface area contributed by atoms with E-state index >= 15 is 0 Å². The fourth-order valence-corrected chi connectivity index (χ4v) is 2.65. The summed E-state index contributed by atoms with van der Waals surface area (Å²) in [6, 6.07) is 8.15. The Morgan fingerprint density at radius 3 is 2.35 bits per heavy atom. The first-order chi connectivity index (χ1) is 9.50. The molecule has 106 valence electrons. The number of phenolic OH excluding ortho intramolecular Hbond substituents is 2. The van der Waals surface area contributed by atoms with Gasteiger partial charge in [-0.25, -0.2) is 0 Å². The van der Waals surface area contributed by atoms with Crippen LogP contribution in [-0.4, -0.2) is 27.1 Å². The molecule has 0 fully saturated rings. The molecule has 0 aliphatic rings. The average Bonchev–Trinajstić information content (AvgIpc) is 2.88. The number of thiophene rings is 1. The molecule has 4 nitrogen and oxygen atoms in total. The highest BCUT2D eigenvalue weighted by molar-refractivity contribution is 7.09. The fraction of sp³-hybridized carbons (Fsp3) is 0.267. The molecule has 2 aromatic rings. The van der Waals surface area contributed by atoms with Gasteiger partial charge in [0, 0.05) is 10.9 Å². The van der Waals surface area contributed by atoms with Crippen molar-refractivity contribution in [2.45, 2.75) is 26.4 Å². The van der Waals surface area contributed by atoms with Gasteiger partial charge < -0.3 is 15.1 Å². The van der Waals surface area contributed by atoms with Gasteiger partial charge in [0.25, 0.3) is 5.91 Å². The second-order valence-electron chi connectivity index (χ2n) is 4.78. The van der Waals surface area contributed by atoms with E-state index in [0.29, 0.717) is 6.54 Å². The molecule has 0 unspecified atom stereocenters. The molecule has 0 aliphatic carbocycles. The maximum absolute atomic E-state index is 12.6. The van der Waals surface area contributed by atoms with Crippen LogP contribution in [0.4, 0.5) is 0 Å². The zero-order valence-electron chi connectivity index (χ0n) is 11.4. The summed E-state index contributed by atoms with van der Waals surface area (Å²) in [7, 11) is 0. The zero-order chi connectivity index (χ0) is 14.7.